The minimum Gasteiger partial charge on any atom is -0.449 e. The van der Waals surface area contributed by atoms with Crippen LogP contribution in [0.25, 0.3) is 22.4 Å². The van der Waals surface area contributed by atoms with Gasteiger partial charge in [-0.2, -0.15) is 11.8 Å². The first kappa shape index (κ1) is 19.9. The van der Waals surface area contributed by atoms with Crippen LogP contribution in [0, 0.1) is 0 Å². The van der Waals surface area contributed by atoms with Crippen LogP contribution in [0.4, 0.5) is 0 Å². The second-order valence-electron chi connectivity index (χ2n) is 7.63. The largest absolute Gasteiger partial charge is 0.449 e. The van der Waals surface area contributed by atoms with Gasteiger partial charge in [-0.05, 0) is 43.2 Å². The van der Waals surface area contributed by atoms with Crippen molar-refractivity contribution in [3.05, 3.63) is 66.2 Å². The zero-order chi connectivity index (χ0) is 21.0. The van der Waals surface area contributed by atoms with Gasteiger partial charge in [0, 0.05) is 27.5 Å². The summed E-state index contributed by atoms with van der Waals surface area (Å²) in [6.07, 6.45) is 7.67. The van der Waals surface area contributed by atoms with Gasteiger partial charge < -0.3 is 13.6 Å². The van der Waals surface area contributed by atoms with Crippen LogP contribution in [0.3, 0.4) is 0 Å². The van der Waals surface area contributed by atoms with E-state index in [9.17, 15) is 4.79 Å². The monoisotopic (exact) mass is 434 g/mol. The average molecular weight is 435 g/mol. The van der Waals surface area contributed by atoms with E-state index in [1.165, 1.54) is 38.5 Å². The molecule has 0 radical (unpaired) electrons. The lowest BCUT2D eigenvalue weighted by molar-refractivity contribution is 0.0702. The molecule has 1 fully saturated rings. The molecular formula is C24H22N2O4S. The van der Waals surface area contributed by atoms with Gasteiger partial charge in [0.2, 0.25) is 18.0 Å². The van der Waals surface area contributed by atoms with Crippen molar-refractivity contribution in [3.8, 4) is 17.2 Å². The predicted octanol–water partition coefficient (Wildman–Crippen LogP) is 6.27. The summed E-state index contributed by atoms with van der Waals surface area (Å²) in [5.41, 5.74) is 2.38. The molecule has 1 aliphatic rings. The van der Waals surface area contributed by atoms with Crippen LogP contribution in [-0.4, -0.2) is 21.4 Å². The molecule has 0 amide bonds. The summed E-state index contributed by atoms with van der Waals surface area (Å²) in [5.74, 6) is 1.38. The van der Waals surface area contributed by atoms with Gasteiger partial charge in [-0.1, -0.05) is 37.5 Å². The maximum atomic E-state index is 13.0. The molecule has 0 atom stereocenters. The molecule has 5 rings (SSSR count). The molecule has 0 saturated heterocycles. The first-order chi connectivity index (χ1) is 15.3. The number of para-hydroxylation sites is 1. The van der Waals surface area contributed by atoms with E-state index in [0.717, 1.165) is 22.3 Å². The first-order valence-corrected chi connectivity index (χ1v) is 11.5. The molecule has 7 heteroatoms. The number of rotatable bonds is 6. The van der Waals surface area contributed by atoms with Crippen molar-refractivity contribution in [2.75, 3.05) is 0 Å². The van der Waals surface area contributed by atoms with Gasteiger partial charge in [0.1, 0.15) is 11.3 Å². The van der Waals surface area contributed by atoms with Crippen LogP contribution < -0.4 is 4.74 Å². The van der Waals surface area contributed by atoms with E-state index in [0.29, 0.717) is 22.5 Å². The zero-order valence-electron chi connectivity index (χ0n) is 17.0. The Hall–Kier alpha value is -3.06. The lowest BCUT2D eigenvalue weighted by Crippen LogP contribution is -2.11. The Morgan fingerprint density at radius 3 is 2.65 bits per heavy atom. The van der Waals surface area contributed by atoms with Crippen molar-refractivity contribution in [1.29, 1.82) is 0 Å². The van der Waals surface area contributed by atoms with Crippen LogP contribution in [0.2, 0.25) is 0 Å². The van der Waals surface area contributed by atoms with E-state index >= 15 is 0 Å². The summed E-state index contributed by atoms with van der Waals surface area (Å²) >= 11 is 1.92. The average Bonchev–Trinajstić information content (AvgIpc) is 3.47. The maximum absolute atomic E-state index is 13.0. The molecule has 0 aliphatic heterocycles. The van der Waals surface area contributed by atoms with Crippen LogP contribution in [0.1, 0.15) is 48.2 Å². The van der Waals surface area contributed by atoms with Gasteiger partial charge >= 0.3 is 5.97 Å². The molecule has 0 spiro atoms. The van der Waals surface area contributed by atoms with Crippen LogP contribution in [-0.2, 0) is 5.75 Å². The molecule has 2 heterocycles. The van der Waals surface area contributed by atoms with E-state index in [-0.39, 0.29) is 5.76 Å². The summed E-state index contributed by atoms with van der Waals surface area (Å²) in [6.45, 7) is 0. The molecule has 1 saturated carbocycles. The number of esters is 1. The SMILES string of the molecule is O=C(Oc1ccc(-c2nnco2)cc1)c1oc2ccccc2c1CSC1CCCCC1. The first-order valence-electron chi connectivity index (χ1n) is 10.5. The molecular weight excluding hydrogens is 412 g/mol. The molecule has 0 N–H and O–H groups in total. The van der Waals surface area contributed by atoms with Crippen molar-refractivity contribution in [2.45, 2.75) is 43.1 Å². The van der Waals surface area contributed by atoms with Gasteiger partial charge in [0.25, 0.3) is 0 Å². The van der Waals surface area contributed by atoms with E-state index in [4.69, 9.17) is 13.6 Å². The Kier molecular flexibility index (Phi) is 5.76. The quantitative estimate of drug-likeness (QED) is 0.261. The number of thioether (sulfide) groups is 1. The number of carbonyl (C=O) groups excluding carboxylic acids is 1. The van der Waals surface area contributed by atoms with Crippen LogP contribution in [0.5, 0.6) is 5.75 Å². The van der Waals surface area contributed by atoms with E-state index < -0.39 is 5.97 Å². The molecule has 0 unspecified atom stereocenters. The van der Waals surface area contributed by atoms with Crippen LogP contribution >= 0.6 is 11.8 Å². The van der Waals surface area contributed by atoms with E-state index in [1.54, 1.807) is 24.3 Å². The summed E-state index contributed by atoms with van der Waals surface area (Å²) < 4.78 is 16.7. The standard InChI is InChI=1S/C24H22N2O4S/c27-24(29-17-12-10-16(11-13-17)23-26-25-15-28-23)22-20(14-31-18-6-2-1-3-7-18)19-8-4-5-9-21(19)30-22/h4-5,8-13,15,18H,1-3,6-7,14H2. The number of benzene rings is 2. The van der Waals surface area contributed by atoms with Gasteiger partial charge in [0.05, 0.1) is 0 Å². The lowest BCUT2D eigenvalue weighted by atomic mass is 10.0. The molecule has 6 nitrogen and oxygen atoms in total. The number of hydrogen-bond donors (Lipinski definition) is 0. The third-order valence-corrected chi connectivity index (χ3v) is 6.97. The Labute approximate surface area is 184 Å². The molecule has 31 heavy (non-hydrogen) atoms. The molecule has 2 aromatic heterocycles. The highest BCUT2D eigenvalue weighted by Gasteiger charge is 2.24. The Bertz CT molecular complexity index is 1160. The van der Waals surface area contributed by atoms with Crippen LogP contribution in [0.15, 0.2) is 63.8 Å². The number of fused-ring (bicyclic) bond motifs is 1. The summed E-state index contributed by atoms with van der Waals surface area (Å²) in [6, 6.07) is 14.7. The fraction of sp³-hybridized carbons (Fsp3) is 0.292. The molecule has 1 aliphatic carbocycles. The van der Waals surface area contributed by atoms with Gasteiger partial charge in [-0.15, -0.1) is 10.2 Å². The smallest absolute Gasteiger partial charge is 0.379 e. The Morgan fingerprint density at radius 2 is 1.87 bits per heavy atom. The number of furan rings is 1. The van der Waals surface area contributed by atoms with Crippen molar-refractivity contribution in [1.82, 2.24) is 10.2 Å². The molecule has 4 aromatic rings. The third-order valence-electron chi connectivity index (χ3n) is 5.57. The fourth-order valence-corrected chi connectivity index (χ4v) is 5.31. The van der Waals surface area contributed by atoms with Gasteiger partial charge in [-0.25, -0.2) is 4.79 Å². The number of aromatic nitrogens is 2. The van der Waals surface area contributed by atoms with Gasteiger partial charge in [0.15, 0.2) is 0 Å². The summed E-state index contributed by atoms with van der Waals surface area (Å²) in [4.78, 5) is 13.0. The van der Waals surface area contributed by atoms with Crippen molar-refractivity contribution < 1.29 is 18.4 Å². The third kappa shape index (κ3) is 4.37. The van der Waals surface area contributed by atoms with Crippen molar-refractivity contribution in [3.63, 3.8) is 0 Å². The highest BCUT2D eigenvalue weighted by Crippen LogP contribution is 2.35. The van der Waals surface area contributed by atoms with Crippen molar-refractivity contribution >= 4 is 28.7 Å². The maximum Gasteiger partial charge on any atom is 0.379 e. The second-order valence-corrected chi connectivity index (χ2v) is 8.92. The second kappa shape index (κ2) is 8.98. The van der Waals surface area contributed by atoms with Crippen molar-refractivity contribution in [2.24, 2.45) is 0 Å². The number of ether oxygens (including phenoxy) is 1. The van der Waals surface area contributed by atoms with E-state index in [2.05, 4.69) is 10.2 Å². The highest BCUT2D eigenvalue weighted by atomic mass is 32.2. The highest BCUT2D eigenvalue weighted by molar-refractivity contribution is 7.99. The summed E-state index contributed by atoms with van der Waals surface area (Å²) in [5, 5.41) is 9.17. The molecule has 158 valence electrons. The van der Waals surface area contributed by atoms with E-state index in [1.807, 2.05) is 36.0 Å². The lowest BCUT2D eigenvalue weighted by Gasteiger charge is -2.20. The number of carbonyl (C=O) groups is 1. The number of nitrogens with zero attached hydrogens (tertiary/aromatic N) is 2. The fourth-order valence-electron chi connectivity index (χ4n) is 3.96. The Morgan fingerprint density at radius 1 is 1.06 bits per heavy atom. The minimum atomic E-state index is -0.485. The Balaban J connectivity index is 1.36. The minimum absolute atomic E-state index is 0.283. The topological polar surface area (TPSA) is 78.4 Å². The molecule has 2 aromatic carbocycles. The normalized spacial score (nSPS) is 14.7. The number of hydrogen-bond acceptors (Lipinski definition) is 7. The zero-order valence-corrected chi connectivity index (χ0v) is 17.8. The van der Waals surface area contributed by atoms with Gasteiger partial charge in [-0.3, -0.25) is 0 Å². The summed E-state index contributed by atoms with van der Waals surface area (Å²) in [7, 11) is 0. The molecule has 0 bridgehead atoms. The predicted molar refractivity (Wildman–Crippen MR) is 119 cm³/mol.